The normalized spacial score (nSPS) is 9.27. The van der Waals surface area contributed by atoms with Crippen LogP contribution in [0.4, 0.5) is 5.82 Å². The summed E-state index contributed by atoms with van der Waals surface area (Å²) < 4.78 is 0. The lowest BCUT2D eigenvalue weighted by Crippen LogP contribution is -2.18. The first-order chi connectivity index (χ1) is 6.56. The van der Waals surface area contributed by atoms with Crippen LogP contribution in [0.2, 0.25) is 0 Å². The Kier molecular flexibility index (Phi) is 5.08. The third kappa shape index (κ3) is 3.09. The highest BCUT2D eigenvalue weighted by Gasteiger charge is 2.08. The van der Waals surface area contributed by atoms with E-state index in [1.807, 2.05) is 25.8 Å². The van der Waals surface area contributed by atoms with Gasteiger partial charge in [-0.05, 0) is 25.5 Å². The van der Waals surface area contributed by atoms with Crippen molar-refractivity contribution in [2.24, 2.45) is 0 Å². The quantitative estimate of drug-likeness (QED) is 0.863. The number of carboxylic acid groups (broad SMARTS) is 1. The van der Waals surface area contributed by atoms with Crippen molar-refractivity contribution in [1.29, 1.82) is 0 Å². The van der Waals surface area contributed by atoms with Gasteiger partial charge in [-0.2, -0.15) is 0 Å². The van der Waals surface area contributed by atoms with E-state index >= 15 is 0 Å². The number of pyridine rings is 1. The van der Waals surface area contributed by atoms with Crippen LogP contribution in [-0.4, -0.2) is 29.7 Å². The summed E-state index contributed by atoms with van der Waals surface area (Å²) in [4.78, 5) is 16.7. The molecule has 0 atom stereocenters. The van der Waals surface area contributed by atoms with E-state index in [9.17, 15) is 4.79 Å². The molecular formula is C10H15ClN2O2. The maximum absolute atomic E-state index is 10.7. The van der Waals surface area contributed by atoms with Gasteiger partial charge in [0, 0.05) is 19.8 Å². The predicted molar refractivity (Wildman–Crippen MR) is 62.1 cm³/mol. The predicted octanol–water partition coefficient (Wildman–Crippen LogP) is 1.97. The molecule has 0 unspecified atom stereocenters. The molecule has 15 heavy (non-hydrogen) atoms. The zero-order chi connectivity index (χ0) is 10.7. The van der Waals surface area contributed by atoms with Gasteiger partial charge in [0.1, 0.15) is 5.82 Å². The van der Waals surface area contributed by atoms with Crippen LogP contribution in [-0.2, 0) is 0 Å². The number of nitrogens with zero attached hydrogens (tertiary/aromatic N) is 2. The second-order valence-corrected chi connectivity index (χ2v) is 3.18. The van der Waals surface area contributed by atoms with Crippen molar-refractivity contribution in [2.75, 3.05) is 18.5 Å². The SMILES string of the molecule is CCN(C)c1ncc(C(=O)O)cc1C.Cl. The van der Waals surface area contributed by atoms with Crippen LogP contribution < -0.4 is 4.90 Å². The minimum absolute atomic E-state index is 0. The Hall–Kier alpha value is -1.29. The van der Waals surface area contributed by atoms with Gasteiger partial charge in [0.15, 0.2) is 0 Å². The molecule has 1 heterocycles. The van der Waals surface area contributed by atoms with Crippen molar-refractivity contribution in [3.63, 3.8) is 0 Å². The molecule has 0 radical (unpaired) electrons. The Morgan fingerprint density at radius 1 is 1.60 bits per heavy atom. The maximum Gasteiger partial charge on any atom is 0.337 e. The van der Waals surface area contributed by atoms with Gasteiger partial charge in [-0.15, -0.1) is 12.4 Å². The Balaban J connectivity index is 0.00000196. The van der Waals surface area contributed by atoms with Crippen molar-refractivity contribution < 1.29 is 9.90 Å². The Bertz CT molecular complexity index is 355. The Labute approximate surface area is 95.3 Å². The van der Waals surface area contributed by atoms with Gasteiger partial charge in [-0.25, -0.2) is 9.78 Å². The molecule has 0 aliphatic rings. The number of hydrogen-bond acceptors (Lipinski definition) is 3. The molecule has 1 aromatic rings. The van der Waals surface area contributed by atoms with Gasteiger partial charge in [-0.3, -0.25) is 0 Å². The fourth-order valence-electron chi connectivity index (χ4n) is 1.23. The van der Waals surface area contributed by atoms with E-state index in [0.717, 1.165) is 17.9 Å². The molecule has 0 amide bonds. The molecule has 4 nitrogen and oxygen atoms in total. The van der Waals surface area contributed by atoms with Crippen LogP contribution in [0, 0.1) is 6.92 Å². The van der Waals surface area contributed by atoms with E-state index in [-0.39, 0.29) is 18.0 Å². The average Bonchev–Trinajstić information content (AvgIpc) is 2.16. The summed E-state index contributed by atoms with van der Waals surface area (Å²) in [7, 11) is 1.93. The number of aromatic carboxylic acids is 1. The number of rotatable bonds is 3. The molecule has 1 aromatic heterocycles. The Morgan fingerprint density at radius 3 is 2.60 bits per heavy atom. The van der Waals surface area contributed by atoms with E-state index in [4.69, 9.17) is 5.11 Å². The third-order valence-electron chi connectivity index (χ3n) is 2.13. The molecule has 84 valence electrons. The summed E-state index contributed by atoms with van der Waals surface area (Å²) >= 11 is 0. The van der Waals surface area contributed by atoms with Crippen LogP contribution in [0.15, 0.2) is 12.3 Å². The zero-order valence-electron chi connectivity index (χ0n) is 9.02. The molecule has 0 saturated carbocycles. The molecule has 5 heteroatoms. The van der Waals surface area contributed by atoms with Crippen molar-refractivity contribution in [3.05, 3.63) is 23.4 Å². The topological polar surface area (TPSA) is 53.4 Å². The number of halogens is 1. The second-order valence-electron chi connectivity index (χ2n) is 3.18. The molecule has 0 aliphatic carbocycles. The molecule has 0 aliphatic heterocycles. The van der Waals surface area contributed by atoms with Crippen LogP contribution >= 0.6 is 12.4 Å². The highest BCUT2D eigenvalue weighted by atomic mass is 35.5. The summed E-state index contributed by atoms with van der Waals surface area (Å²) in [5, 5.41) is 8.74. The summed E-state index contributed by atoms with van der Waals surface area (Å²) in [6, 6.07) is 1.64. The number of carboxylic acids is 1. The maximum atomic E-state index is 10.7. The van der Waals surface area contributed by atoms with Crippen molar-refractivity contribution in [3.8, 4) is 0 Å². The fraction of sp³-hybridized carbons (Fsp3) is 0.400. The molecular weight excluding hydrogens is 216 g/mol. The number of anilines is 1. The van der Waals surface area contributed by atoms with Crippen LogP contribution in [0.25, 0.3) is 0 Å². The lowest BCUT2D eigenvalue weighted by molar-refractivity contribution is 0.0696. The first kappa shape index (κ1) is 13.7. The number of aryl methyl sites for hydroxylation is 1. The van der Waals surface area contributed by atoms with Crippen LogP contribution in [0.3, 0.4) is 0 Å². The van der Waals surface area contributed by atoms with E-state index in [0.29, 0.717) is 0 Å². The first-order valence-corrected chi connectivity index (χ1v) is 4.47. The summed E-state index contributed by atoms with van der Waals surface area (Å²) in [5.41, 5.74) is 1.12. The van der Waals surface area contributed by atoms with Gasteiger partial charge < -0.3 is 10.0 Å². The smallest absolute Gasteiger partial charge is 0.337 e. The molecule has 1 N–H and O–H groups in total. The largest absolute Gasteiger partial charge is 0.478 e. The molecule has 0 spiro atoms. The standard InChI is InChI=1S/C10H14N2O2.ClH/c1-4-12(3)9-7(2)5-8(6-11-9)10(13)14;/h5-6H,4H2,1-3H3,(H,13,14);1H. The van der Waals surface area contributed by atoms with Gasteiger partial charge in [0.25, 0.3) is 0 Å². The lowest BCUT2D eigenvalue weighted by Gasteiger charge is -2.17. The van der Waals surface area contributed by atoms with E-state index < -0.39 is 5.97 Å². The molecule has 0 bridgehead atoms. The average molecular weight is 231 g/mol. The molecule has 0 saturated heterocycles. The monoisotopic (exact) mass is 230 g/mol. The zero-order valence-corrected chi connectivity index (χ0v) is 9.84. The second kappa shape index (κ2) is 5.56. The highest BCUT2D eigenvalue weighted by molar-refractivity contribution is 5.87. The molecule has 0 fully saturated rings. The Morgan fingerprint density at radius 2 is 2.20 bits per heavy atom. The minimum atomic E-state index is -0.939. The van der Waals surface area contributed by atoms with E-state index in [1.54, 1.807) is 6.07 Å². The molecule has 1 rings (SSSR count). The van der Waals surface area contributed by atoms with Gasteiger partial charge in [0.2, 0.25) is 0 Å². The van der Waals surface area contributed by atoms with Crippen molar-refractivity contribution in [1.82, 2.24) is 4.98 Å². The van der Waals surface area contributed by atoms with Gasteiger partial charge in [-0.1, -0.05) is 0 Å². The first-order valence-electron chi connectivity index (χ1n) is 4.47. The number of carbonyl (C=O) groups is 1. The van der Waals surface area contributed by atoms with Crippen LogP contribution in [0.5, 0.6) is 0 Å². The summed E-state index contributed by atoms with van der Waals surface area (Å²) in [6.45, 7) is 4.73. The summed E-state index contributed by atoms with van der Waals surface area (Å²) in [5.74, 6) is -0.108. The minimum Gasteiger partial charge on any atom is -0.478 e. The van der Waals surface area contributed by atoms with E-state index in [1.165, 1.54) is 6.20 Å². The van der Waals surface area contributed by atoms with Crippen molar-refractivity contribution in [2.45, 2.75) is 13.8 Å². The number of hydrogen-bond donors (Lipinski definition) is 1. The van der Waals surface area contributed by atoms with E-state index in [2.05, 4.69) is 4.98 Å². The lowest BCUT2D eigenvalue weighted by atomic mass is 10.2. The van der Waals surface area contributed by atoms with Gasteiger partial charge >= 0.3 is 5.97 Å². The fourth-order valence-corrected chi connectivity index (χ4v) is 1.23. The van der Waals surface area contributed by atoms with Gasteiger partial charge in [0.05, 0.1) is 5.56 Å². The van der Waals surface area contributed by atoms with Crippen LogP contribution in [0.1, 0.15) is 22.8 Å². The third-order valence-corrected chi connectivity index (χ3v) is 2.13. The van der Waals surface area contributed by atoms with Crippen molar-refractivity contribution >= 4 is 24.2 Å². The number of aromatic nitrogens is 1. The summed E-state index contributed by atoms with van der Waals surface area (Å²) in [6.07, 6.45) is 1.39. The molecule has 0 aromatic carbocycles. The highest BCUT2D eigenvalue weighted by Crippen LogP contribution is 2.16.